The Morgan fingerprint density at radius 2 is 0.857 bits per heavy atom. The normalized spacial score (nSPS) is 19.7. The van der Waals surface area contributed by atoms with Gasteiger partial charge in [-0.15, -0.1) is 0 Å². The zero-order valence-electron chi connectivity index (χ0n) is 44.7. The molecular formula is C56H76N2O10S2. The topological polar surface area (TPSA) is 146 Å². The molecule has 0 radical (unpaired) electrons. The Labute approximate surface area is 418 Å². The Morgan fingerprint density at radius 1 is 0.557 bits per heavy atom. The summed E-state index contributed by atoms with van der Waals surface area (Å²) >= 11 is 0. The third-order valence-electron chi connectivity index (χ3n) is 13.1. The first-order valence-corrected chi connectivity index (χ1v) is 27.3. The highest BCUT2D eigenvalue weighted by molar-refractivity contribution is 7.89. The van der Waals surface area contributed by atoms with E-state index in [-0.39, 0.29) is 57.5 Å². The van der Waals surface area contributed by atoms with Gasteiger partial charge in [0.25, 0.3) is 0 Å². The number of aryl methyl sites for hydroxylation is 6. The number of sulfonamides is 2. The highest BCUT2D eigenvalue weighted by atomic mass is 32.2. The molecule has 0 unspecified atom stereocenters. The molecule has 0 saturated carbocycles. The van der Waals surface area contributed by atoms with Crippen LogP contribution in [0.25, 0.3) is 11.1 Å². The van der Waals surface area contributed by atoms with Crippen molar-refractivity contribution in [3.8, 4) is 22.6 Å². The van der Waals surface area contributed by atoms with Crippen LogP contribution >= 0.6 is 0 Å². The standard InChI is InChI=1S/C56H76N2O10S2/c1-31(2)19-43-29-65-53(57(43)69(61,62)51-35(7)21-33(5)22-36(51)8)47-27-41(55(13,14)15)25-45(49(47)67-39(11)59)46-26-42(56(16,17)18)28-48(50(46)68-40(12)60)54-58(44(30-66-54)20-32(3)4)70(63,64)52-37(9)23-34(6)24-38(52)10/h21-28,31-32,43-44,53-54H,19-20,29-30H2,1-18H3/t43-,44-,53-,54-/m0/s1. The molecule has 4 atom stereocenters. The zero-order chi connectivity index (χ0) is 52.3. The minimum absolute atomic E-state index is 0.0130. The third-order valence-corrected chi connectivity index (χ3v) is 17.5. The molecule has 4 aromatic rings. The molecule has 4 aromatic carbocycles. The molecule has 0 aliphatic carbocycles. The molecule has 2 aliphatic heterocycles. The number of rotatable bonds is 13. The van der Waals surface area contributed by atoms with E-state index < -0.39 is 67.4 Å². The smallest absolute Gasteiger partial charge is 0.308 e. The molecule has 2 aliphatic rings. The highest BCUT2D eigenvalue weighted by Gasteiger charge is 2.49. The van der Waals surface area contributed by atoms with Crippen LogP contribution < -0.4 is 9.47 Å². The monoisotopic (exact) mass is 1000 g/mol. The fraction of sp³-hybridized carbons (Fsp3) is 0.536. The summed E-state index contributed by atoms with van der Waals surface area (Å²) in [6.45, 7) is 34.0. The molecule has 12 nitrogen and oxygen atoms in total. The Balaban J connectivity index is 1.75. The van der Waals surface area contributed by atoms with Gasteiger partial charge in [-0.3, -0.25) is 9.59 Å². The van der Waals surface area contributed by atoms with Crippen molar-refractivity contribution in [2.45, 2.75) is 183 Å². The Kier molecular flexibility index (Phi) is 15.9. The number of hydrogen-bond donors (Lipinski definition) is 0. The van der Waals surface area contributed by atoms with Gasteiger partial charge in [-0.1, -0.05) is 105 Å². The fourth-order valence-corrected chi connectivity index (χ4v) is 14.6. The quantitative estimate of drug-likeness (QED) is 0.0937. The number of benzene rings is 4. The fourth-order valence-electron chi connectivity index (χ4n) is 10.4. The number of carbonyl (C=O) groups is 2. The number of esters is 2. The number of carbonyl (C=O) groups excluding carboxylic acids is 2. The van der Waals surface area contributed by atoms with E-state index in [4.69, 9.17) is 18.9 Å². The van der Waals surface area contributed by atoms with E-state index in [1.54, 1.807) is 27.7 Å². The van der Waals surface area contributed by atoms with Crippen LogP contribution in [0.5, 0.6) is 11.5 Å². The van der Waals surface area contributed by atoms with E-state index in [1.807, 2.05) is 132 Å². The van der Waals surface area contributed by atoms with Gasteiger partial charge in [-0.25, -0.2) is 16.8 Å². The largest absolute Gasteiger partial charge is 0.426 e. The molecule has 2 fully saturated rings. The predicted molar refractivity (Wildman–Crippen MR) is 275 cm³/mol. The number of hydrogen-bond acceptors (Lipinski definition) is 10. The number of nitrogens with zero attached hydrogens (tertiary/aromatic N) is 2. The molecule has 14 heteroatoms. The average Bonchev–Trinajstić information content (AvgIpc) is 3.80. The summed E-state index contributed by atoms with van der Waals surface area (Å²) in [5, 5.41) is 0. The second-order valence-electron chi connectivity index (χ2n) is 22.6. The van der Waals surface area contributed by atoms with Crippen LogP contribution in [0.3, 0.4) is 0 Å². The van der Waals surface area contributed by atoms with E-state index >= 15 is 16.8 Å². The van der Waals surface area contributed by atoms with Crippen molar-refractivity contribution in [2.24, 2.45) is 11.8 Å². The van der Waals surface area contributed by atoms with Crippen molar-refractivity contribution < 1.29 is 45.4 Å². The summed E-state index contributed by atoms with van der Waals surface area (Å²) in [6.07, 6.45) is -1.55. The lowest BCUT2D eigenvalue weighted by Gasteiger charge is -2.33. The van der Waals surface area contributed by atoms with Crippen LogP contribution in [0.4, 0.5) is 0 Å². The van der Waals surface area contributed by atoms with E-state index in [2.05, 4.69) is 0 Å². The summed E-state index contributed by atoms with van der Waals surface area (Å²) in [4.78, 5) is 27.5. The van der Waals surface area contributed by atoms with Gasteiger partial charge >= 0.3 is 11.9 Å². The zero-order valence-corrected chi connectivity index (χ0v) is 46.3. The van der Waals surface area contributed by atoms with Crippen molar-refractivity contribution in [1.29, 1.82) is 0 Å². The molecule has 382 valence electrons. The molecular weight excluding hydrogens is 925 g/mol. The maximum Gasteiger partial charge on any atom is 0.308 e. The van der Waals surface area contributed by atoms with Gasteiger partial charge in [0, 0.05) is 36.1 Å². The summed E-state index contributed by atoms with van der Waals surface area (Å²) < 4.78 is 90.6. The maximum atomic E-state index is 15.4. The molecule has 0 bridgehead atoms. The van der Waals surface area contributed by atoms with E-state index in [0.29, 0.717) is 46.2 Å². The van der Waals surface area contributed by atoms with Gasteiger partial charge in [0.15, 0.2) is 12.5 Å². The highest BCUT2D eigenvalue weighted by Crippen LogP contribution is 2.53. The van der Waals surface area contributed by atoms with Gasteiger partial charge in [-0.2, -0.15) is 8.61 Å². The van der Waals surface area contributed by atoms with Crippen molar-refractivity contribution in [3.05, 3.63) is 104 Å². The Hall–Kier alpha value is -4.44. The number of ether oxygens (including phenoxy) is 4. The molecule has 2 heterocycles. The summed E-state index contributed by atoms with van der Waals surface area (Å²) in [7, 11) is -8.59. The Bertz CT molecular complexity index is 2660. The molecule has 0 aromatic heterocycles. The first-order chi connectivity index (χ1) is 32.2. The molecule has 0 spiro atoms. The van der Waals surface area contributed by atoms with Crippen LogP contribution in [-0.4, -0.2) is 62.7 Å². The van der Waals surface area contributed by atoms with Crippen molar-refractivity contribution in [3.63, 3.8) is 0 Å². The van der Waals surface area contributed by atoms with Crippen LogP contribution in [-0.2, 0) is 49.9 Å². The molecule has 0 N–H and O–H groups in total. The maximum absolute atomic E-state index is 15.4. The van der Waals surface area contributed by atoms with Gasteiger partial charge in [0.2, 0.25) is 20.0 Å². The van der Waals surface area contributed by atoms with Crippen molar-refractivity contribution in [1.82, 2.24) is 8.61 Å². The minimum Gasteiger partial charge on any atom is -0.426 e. The second kappa shape index (κ2) is 20.2. The molecule has 2 saturated heterocycles. The first kappa shape index (κ1) is 54.9. The predicted octanol–water partition coefficient (Wildman–Crippen LogP) is 11.9. The summed E-state index contributed by atoms with van der Waals surface area (Å²) in [5.41, 5.74) is 5.78. The lowest BCUT2D eigenvalue weighted by atomic mass is 9.80. The van der Waals surface area contributed by atoms with Crippen LogP contribution in [0, 0.1) is 53.4 Å². The minimum atomic E-state index is -4.29. The van der Waals surface area contributed by atoms with Crippen molar-refractivity contribution in [2.75, 3.05) is 13.2 Å². The summed E-state index contributed by atoms with van der Waals surface area (Å²) in [5.74, 6) is -1.14. The molecule has 0 amide bonds. The van der Waals surface area contributed by atoms with Gasteiger partial charge < -0.3 is 18.9 Å². The average molecular weight is 1000 g/mol. The molecule has 6 rings (SSSR count). The second-order valence-corrected chi connectivity index (χ2v) is 26.2. The van der Waals surface area contributed by atoms with Crippen LogP contribution in [0.15, 0.2) is 58.3 Å². The van der Waals surface area contributed by atoms with Crippen LogP contribution in [0.1, 0.15) is 164 Å². The Morgan fingerprint density at radius 3 is 1.11 bits per heavy atom. The van der Waals surface area contributed by atoms with Crippen molar-refractivity contribution >= 4 is 32.0 Å². The lowest BCUT2D eigenvalue weighted by molar-refractivity contribution is -0.133. The molecule has 70 heavy (non-hydrogen) atoms. The van der Waals surface area contributed by atoms with Crippen LogP contribution in [0.2, 0.25) is 0 Å². The van der Waals surface area contributed by atoms with Gasteiger partial charge in [0.05, 0.1) is 35.1 Å². The van der Waals surface area contributed by atoms with Gasteiger partial charge in [-0.05, 0) is 135 Å². The first-order valence-electron chi connectivity index (χ1n) is 24.5. The van der Waals surface area contributed by atoms with E-state index in [0.717, 1.165) is 22.3 Å². The van der Waals surface area contributed by atoms with E-state index in [9.17, 15) is 9.59 Å². The lowest BCUT2D eigenvalue weighted by Crippen LogP contribution is -2.40. The summed E-state index contributed by atoms with van der Waals surface area (Å²) in [6, 6.07) is 13.7. The SMILES string of the molecule is CC(=O)Oc1c(-c2cc(C(C)(C)C)cc([C@@H]3OC[C@H](CC(C)C)N3S(=O)(=O)c3c(C)cc(C)cc3C)c2OC(C)=O)cc(C(C)(C)C)cc1[C@@H]1OC[C@H](CC(C)C)N1S(=O)(=O)c1c(C)cc(C)cc1C. The van der Waals surface area contributed by atoms with E-state index in [1.165, 1.54) is 22.5 Å². The third kappa shape index (κ3) is 11.1. The van der Waals surface area contributed by atoms with Gasteiger partial charge in [0.1, 0.15) is 11.5 Å².